The summed E-state index contributed by atoms with van der Waals surface area (Å²) in [6, 6.07) is 10.3. The molecular formula is C17H23NO3. The molecule has 0 spiro atoms. The molecule has 1 aliphatic heterocycles. The van der Waals surface area contributed by atoms with Gasteiger partial charge in [0.2, 0.25) is 0 Å². The zero-order chi connectivity index (χ0) is 15.1. The Bertz CT molecular complexity index is 472. The molecule has 0 unspecified atom stereocenters. The fourth-order valence-corrected chi connectivity index (χ4v) is 2.61. The van der Waals surface area contributed by atoms with Crippen LogP contribution >= 0.6 is 0 Å². The average Bonchev–Trinajstić information content (AvgIpc) is 2.94. The molecule has 0 radical (unpaired) electrons. The zero-order valence-electron chi connectivity index (χ0n) is 12.6. The molecule has 0 bridgehead atoms. The van der Waals surface area contributed by atoms with Gasteiger partial charge in [-0.15, -0.1) is 0 Å². The lowest BCUT2D eigenvalue weighted by atomic mass is 10.1. The van der Waals surface area contributed by atoms with Crippen LogP contribution in [0, 0.1) is 5.92 Å². The minimum absolute atomic E-state index is 0.122. The summed E-state index contributed by atoms with van der Waals surface area (Å²) in [5, 5.41) is 0. The predicted octanol–water partition coefficient (Wildman–Crippen LogP) is 2.82. The van der Waals surface area contributed by atoms with Crippen molar-refractivity contribution in [2.45, 2.75) is 32.6 Å². The van der Waals surface area contributed by atoms with E-state index in [2.05, 4.69) is 17.0 Å². The van der Waals surface area contributed by atoms with E-state index in [0.717, 1.165) is 19.5 Å². The van der Waals surface area contributed by atoms with Gasteiger partial charge in [-0.05, 0) is 31.9 Å². The summed E-state index contributed by atoms with van der Waals surface area (Å²) in [5.41, 5.74) is 1.23. The van der Waals surface area contributed by atoms with Crippen molar-refractivity contribution in [3.63, 3.8) is 0 Å². The van der Waals surface area contributed by atoms with Gasteiger partial charge in [-0.1, -0.05) is 18.2 Å². The van der Waals surface area contributed by atoms with E-state index in [9.17, 15) is 9.59 Å². The predicted molar refractivity (Wildman–Crippen MR) is 82.3 cm³/mol. The number of benzene rings is 1. The number of nitrogens with zero attached hydrogens (tertiary/aromatic N) is 1. The molecule has 0 N–H and O–H groups in total. The number of Topliss-reactive ketones (excluding diaryl/α,β-unsaturated/α-hetero) is 1. The highest BCUT2D eigenvalue weighted by Crippen LogP contribution is 2.23. The normalized spacial score (nSPS) is 17.8. The van der Waals surface area contributed by atoms with Crippen molar-refractivity contribution in [3.8, 4) is 0 Å². The number of rotatable bonds is 7. The molecule has 1 fully saturated rings. The Morgan fingerprint density at radius 3 is 2.71 bits per heavy atom. The molecule has 114 valence electrons. The fraction of sp³-hybridized carbons (Fsp3) is 0.529. The lowest BCUT2D eigenvalue weighted by Crippen LogP contribution is -2.21. The third kappa shape index (κ3) is 5.21. The van der Waals surface area contributed by atoms with Gasteiger partial charge < -0.3 is 14.4 Å². The molecule has 1 heterocycles. The van der Waals surface area contributed by atoms with Crippen LogP contribution in [-0.2, 0) is 14.3 Å². The molecule has 1 atom stereocenters. The van der Waals surface area contributed by atoms with Crippen LogP contribution in [0.5, 0.6) is 0 Å². The van der Waals surface area contributed by atoms with Crippen molar-refractivity contribution in [1.29, 1.82) is 0 Å². The Balaban J connectivity index is 1.66. The lowest BCUT2D eigenvalue weighted by molar-refractivity contribution is -0.144. The van der Waals surface area contributed by atoms with Crippen LogP contribution in [0.2, 0.25) is 0 Å². The number of carbonyl (C=O) groups excluding carboxylic acids is 2. The maximum Gasteiger partial charge on any atom is 0.305 e. The molecule has 1 aromatic carbocycles. The van der Waals surface area contributed by atoms with Crippen LogP contribution in [0.1, 0.15) is 32.6 Å². The second kappa shape index (κ2) is 7.81. The van der Waals surface area contributed by atoms with Crippen LogP contribution < -0.4 is 4.90 Å². The van der Waals surface area contributed by atoms with Gasteiger partial charge in [0, 0.05) is 37.5 Å². The Morgan fingerprint density at radius 1 is 1.24 bits per heavy atom. The topological polar surface area (TPSA) is 46.6 Å². The number of para-hydroxylation sites is 1. The average molecular weight is 289 g/mol. The molecule has 2 rings (SSSR count). The third-order valence-corrected chi connectivity index (χ3v) is 3.80. The molecule has 21 heavy (non-hydrogen) atoms. The number of ether oxygens (including phenoxy) is 1. The molecule has 1 aliphatic rings. The maximum atomic E-state index is 11.6. The smallest absolute Gasteiger partial charge is 0.305 e. The minimum Gasteiger partial charge on any atom is -0.465 e. The summed E-state index contributed by atoms with van der Waals surface area (Å²) in [7, 11) is 0. The van der Waals surface area contributed by atoms with E-state index in [4.69, 9.17) is 4.74 Å². The SMILES string of the molecule is CC(=O)CCCC(=O)OC[C@H]1CCN(c2ccccc2)C1. The number of esters is 1. The first-order chi connectivity index (χ1) is 10.1. The summed E-state index contributed by atoms with van der Waals surface area (Å²) in [5.74, 6) is 0.341. The Kier molecular flexibility index (Phi) is 5.78. The number of hydrogen-bond donors (Lipinski definition) is 0. The second-order valence-electron chi connectivity index (χ2n) is 5.67. The van der Waals surface area contributed by atoms with Gasteiger partial charge in [0.15, 0.2) is 0 Å². The zero-order valence-corrected chi connectivity index (χ0v) is 12.6. The van der Waals surface area contributed by atoms with Gasteiger partial charge in [0.1, 0.15) is 5.78 Å². The summed E-state index contributed by atoms with van der Waals surface area (Å²) in [6.07, 6.45) is 2.44. The van der Waals surface area contributed by atoms with E-state index in [1.165, 1.54) is 5.69 Å². The summed E-state index contributed by atoms with van der Waals surface area (Å²) in [4.78, 5) is 24.7. The Labute approximate surface area is 126 Å². The van der Waals surface area contributed by atoms with E-state index in [1.54, 1.807) is 6.92 Å². The minimum atomic E-state index is -0.186. The standard InChI is InChI=1S/C17H23NO3/c1-14(19)6-5-9-17(20)21-13-15-10-11-18(12-15)16-7-3-2-4-8-16/h2-4,7-8,15H,5-6,9-13H2,1H3/t15-/m0/s1. The van der Waals surface area contributed by atoms with Crippen molar-refractivity contribution in [1.82, 2.24) is 0 Å². The molecule has 4 heteroatoms. The third-order valence-electron chi connectivity index (χ3n) is 3.80. The van der Waals surface area contributed by atoms with E-state index < -0.39 is 0 Å². The maximum absolute atomic E-state index is 11.6. The highest BCUT2D eigenvalue weighted by atomic mass is 16.5. The van der Waals surface area contributed by atoms with Gasteiger partial charge in [-0.25, -0.2) is 0 Å². The van der Waals surface area contributed by atoms with Crippen LogP contribution in [0.25, 0.3) is 0 Å². The molecule has 0 saturated carbocycles. The van der Waals surface area contributed by atoms with E-state index in [0.29, 0.717) is 31.8 Å². The first-order valence-electron chi connectivity index (χ1n) is 7.60. The number of ketones is 1. The van der Waals surface area contributed by atoms with Crippen molar-refractivity contribution in [2.24, 2.45) is 5.92 Å². The molecule has 4 nitrogen and oxygen atoms in total. The van der Waals surface area contributed by atoms with Gasteiger partial charge in [-0.3, -0.25) is 4.79 Å². The van der Waals surface area contributed by atoms with Gasteiger partial charge >= 0.3 is 5.97 Å². The van der Waals surface area contributed by atoms with E-state index in [-0.39, 0.29) is 11.8 Å². The Hall–Kier alpha value is -1.84. The first-order valence-corrected chi connectivity index (χ1v) is 7.60. The fourth-order valence-electron chi connectivity index (χ4n) is 2.61. The molecular weight excluding hydrogens is 266 g/mol. The summed E-state index contributed by atoms with van der Waals surface area (Å²) >= 11 is 0. The first kappa shape index (κ1) is 15.5. The molecule has 0 aromatic heterocycles. The summed E-state index contributed by atoms with van der Waals surface area (Å²) in [6.45, 7) is 3.98. The molecule has 1 saturated heterocycles. The van der Waals surface area contributed by atoms with Crippen molar-refractivity contribution in [3.05, 3.63) is 30.3 Å². The Morgan fingerprint density at radius 2 is 2.00 bits per heavy atom. The number of carbonyl (C=O) groups is 2. The molecule has 0 amide bonds. The summed E-state index contributed by atoms with van der Waals surface area (Å²) < 4.78 is 5.32. The van der Waals surface area contributed by atoms with Crippen LogP contribution in [0.3, 0.4) is 0 Å². The van der Waals surface area contributed by atoms with Gasteiger partial charge in [0.25, 0.3) is 0 Å². The number of hydrogen-bond acceptors (Lipinski definition) is 4. The molecule has 1 aromatic rings. The van der Waals surface area contributed by atoms with Crippen molar-refractivity contribution < 1.29 is 14.3 Å². The second-order valence-corrected chi connectivity index (χ2v) is 5.67. The lowest BCUT2D eigenvalue weighted by Gasteiger charge is -2.18. The highest BCUT2D eigenvalue weighted by molar-refractivity contribution is 5.76. The van der Waals surface area contributed by atoms with Crippen LogP contribution in [-0.4, -0.2) is 31.4 Å². The van der Waals surface area contributed by atoms with E-state index >= 15 is 0 Å². The van der Waals surface area contributed by atoms with Crippen LogP contribution in [0.15, 0.2) is 30.3 Å². The number of anilines is 1. The largest absolute Gasteiger partial charge is 0.465 e. The van der Waals surface area contributed by atoms with Crippen molar-refractivity contribution in [2.75, 3.05) is 24.6 Å². The molecule has 0 aliphatic carbocycles. The van der Waals surface area contributed by atoms with Gasteiger partial charge in [-0.2, -0.15) is 0 Å². The van der Waals surface area contributed by atoms with Gasteiger partial charge in [0.05, 0.1) is 6.61 Å². The quantitative estimate of drug-likeness (QED) is 0.724. The van der Waals surface area contributed by atoms with E-state index in [1.807, 2.05) is 18.2 Å². The van der Waals surface area contributed by atoms with Crippen LogP contribution in [0.4, 0.5) is 5.69 Å². The van der Waals surface area contributed by atoms with Crippen molar-refractivity contribution >= 4 is 17.4 Å². The monoisotopic (exact) mass is 289 g/mol. The highest BCUT2D eigenvalue weighted by Gasteiger charge is 2.23.